The van der Waals surface area contributed by atoms with E-state index in [9.17, 15) is 4.79 Å². The fraction of sp³-hybridized carbons (Fsp3) is 0.111. The molecule has 0 spiro atoms. The number of nitrogens with one attached hydrogen (secondary N) is 1. The fourth-order valence-electron chi connectivity index (χ4n) is 2.42. The number of ether oxygens (including phenoxy) is 2. The van der Waals surface area contributed by atoms with Crippen molar-refractivity contribution in [2.24, 2.45) is 0 Å². The molecule has 120 valence electrons. The van der Waals surface area contributed by atoms with E-state index < -0.39 is 0 Å². The molecule has 4 rings (SSSR count). The molecule has 0 fully saturated rings. The maximum absolute atomic E-state index is 12.2. The lowest BCUT2D eigenvalue weighted by Crippen LogP contribution is -2.22. The predicted octanol–water partition coefficient (Wildman–Crippen LogP) is 3.91. The number of para-hydroxylation sites is 2. The van der Waals surface area contributed by atoms with Gasteiger partial charge in [-0.1, -0.05) is 30.3 Å². The van der Waals surface area contributed by atoms with Crippen LogP contribution in [0, 0.1) is 0 Å². The lowest BCUT2D eigenvalue weighted by atomic mass is 10.2. The molecule has 1 N–H and O–H groups in total. The van der Waals surface area contributed by atoms with Crippen LogP contribution in [-0.2, 0) is 0 Å². The summed E-state index contributed by atoms with van der Waals surface area (Å²) in [5.74, 6) is 1.26. The lowest BCUT2D eigenvalue weighted by Gasteiger charge is -2.25. The van der Waals surface area contributed by atoms with Crippen molar-refractivity contribution in [2.45, 2.75) is 6.10 Å². The van der Waals surface area contributed by atoms with Gasteiger partial charge < -0.3 is 9.47 Å². The molecule has 2 heterocycles. The molecule has 1 aliphatic rings. The van der Waals surface area contributed by atoms with Crippen molar-refractivity contribution in [3.63, 3.8) is 0 Å². The van der Waals surface area contributed by atoms with Crippen LogP contribution >= 0.6 is 11.3 Å². The normalized spacial score (nSPS) is 15.8. The summed E-state index contributed by atoms with van der Waals surface area (Å²) in [6.45, 7) is 0.396. The molecule has 2 aromatic carbocycles. The smallest absolute Gasteiger partial charge is 0.257 e. The standard InChI is InChI=1S/C18H14N2O3S/c21-17(12-6-2-1-3-7-12)20-18-19-13(11-24-18)16-10-22-14-8-4-5-9-15(14)23-16/h1-9,11,16H,10H2,(H,19,20,21)/t16-/m1/s1. The highest BCUT2D eigenvalue weighted by molar-refractivity contribution is 7.14. The van der Waals surface area contributed by atoms with Crippen LogP contribution in [0.4, 0.5) is 5.13 Å². The maximum atomic E-state index is 12.2. The quantitative estimate of drug-likeness (QED) is 0.786. The number of carbonyl (C=O) groups is 1. The van der Waals surface area contributed by atoms with Crippen LogP contribution in [0.2, 0.25) is 0 Å². The van der Waals surface area contributed by atoms with Crippen LogP contribution in [-0.4, -0.2) is 17.5 Å². The van der Waals surface area contributed by atoms with Gasteiger partial charge >= 0.3 is 0 Å². The van der Waals surface area contributed by atoms with Crippen LogP contribution < -0.4 is 14.8 Å². The number of aromatic nitrogens is 1. The average molecular weight is 338 g/mol. The van der Waals surface area contributed by atoms with Gasteiger partial charge in [-0.3, -0.25) is 10.1 Å². The molecule has 1 aliphatic heterocycles. The van der Waals surface area contributed by atoms with Gasteiger partial charge in [0.1, 0.15) is 6.61 Å². The van der Waals surface area contributed by atoms with E-state index in [1.165, 1.54) is 11.3 Å². The molecule has 0 saturated carbocycles. The zero-order valence-electron chi connectivity index (χ0n) is 12.6. The summed E-state index contributed by atoms with van der Waals surface area (Å²) in [5.41, 5.74) is 1.35. The van der Waals surface area contributed by atoms with Gasteiger partial charge in [0.15, 0.2) is 22.7 Å². The van der Waals surface area contributed by atoms with E-state index in [0.717, 1.165) is 11.4 Å². The van der Waals surface area contributed by atoms with Crippen molar-refractivity contribution in [3.05, 3.63) is 71.2 Å². The third kappa shape index (κ3) is 2.96. The highest BCUT2D eigenvalue weighted by Crippen LogP contribution is 2.36. The second-order valence-corrected chi connectivity index (χ2v) is 6.12. The second-order valence-electron chi connectivity index (χ2n) is 5.26. The Hall–Kier alpha value is -2.86. The third-order valence-corrected chi connectivity index (χ3v) is 4.39. The summed E-state index contributed by atoms with van der Waals surface area (Å²) in [6, 6.07) is 16.6. The van der Waals surface area contributed by atoms with Crippen LogP contribution in [0.3, 0.4) is 0 Å². The Morgan fingerprint density at radius 3 is 2.67 bits per heavy atom. The zero-order valence-corrected chi connectivity index (χ0v) is 13.5. The Kier molecular flexibility index (Phi) is 3.88. The first-order valence-electron chi connectivity index (χ1n) is 7.50. The SMILES string of the molecule is O=C(Nc1nc([C@H]2COc3ccccc3O2)cs1)c1ccccc1. The number of rotatable bonds is 3. The first kappa shape index (κ1) is 14.7. The molecule has 5 nitrogen and oxygen atoms in total. The summed E-state index contributed by atoms with van der Waals surface area (Å²) in [7, 11) is 0. The molecule has 0 unspecified atom stereocenters. The molecule has 1 amide bonds. The Bertz CT molecular complexity index is 863. The highest BCUT2D eigenvalue weighted by Gasteiger charge is 2.24. The molecule has 24 heavy (non-hydrogen) atoms. The topological polar surface area (TPSA) is 60.5 Å². The number of nitrogens with zero attached hydrogens (tertiary/aromatic N) is 1. The van der Waals surface area contributed by atoms with Crippen LogP contribution in [0.15, 0.2) is 60.0 Å². The number of anilines is 1. The van der Waals surface area contributed by atoms with E-state index in [1.807, 2.05) is 47.8 Å². The van der Waals surface area contributed by atoms with Crippen LogP contribution in [0.1, 0.15) is 22.2 Å². The van der Waals surface area contributed by atoms with Gasteiger partial charge in [0, 0.05) is 10.9 Å². The number of amides is 1. The molecular formula is C18H14N2O3S. The van der Waals surface area contributed by atoms with Crippen molar-refractivity contribution in [1.82, 2.24) is 4.98 Å². The minimum Gasteiger partial charge on any atom is -0.485 e. The highest BCUT2D eigenvalue weighted by atomic mass is 32.1. The van der Waals surface area contributed by atoms with Crippen LogP contribution in [0.25, 0.3) is 0 Å². The van der Waals surface area contributed by atoms with Crippen molar-refractivity contribution in [3.8, 4) is 11.5 Å². The molecule has 1 atom stereocenters. The summed E-state index contributed by atoms with van der Waals surface area (Å²) in [6.07, 6.45) is -0.279. The van der Waals surface area contributed by atoms with Gasteiger partial charge in [-0.2, -0.15) is 0 Å². The monoisotopic (exact) mass is 338 g/mol. The summed E-state index contributed by atoms with van der Waals surface area (Å²) < 4.78 is 11.6. The van der Waals surface area contributed by atoms with Gasteiger partial charge in [0.05, 0.1) is 5.69 Å². The van der Waals surface area contributed by atoms with Crippen molar-refractivity contribution in [2.75, 3.05) is 11.9 Å². The molecule has 0 aliphatic carbocycles. The zero-order chi connectivity index (χ0) is 16.4. The van der Waals surface area contributed by atoms with Crippen LogP contribution in [0.5, 0.6) is 11.5 Å². The molecule has 1 aromatic heterocycles. The Morgan fingerprint density at radius 2 is 1.83 bits per heavy atom. The maximum Gasteiger partial charge on any atom is 0.257 e. The van der Waals surface area contributed by atoms with Crippen molar-refractivity contribution < 1.29 is 14.3 Å². The van der Waals surface area contributed by atoms with E-state index in [4.69, 9.17) is 9.47 Å². The number of hydrogen-bond donors (Lipinski definition) is 1. The van der Waals surface area contributed by atoms with Gasteiger partial charge in [-0.05, 0) is 24.3 Å². The molecular weight excluding hydrogens is 324 g/mol. The predicted molar refractivity (Wildman–Crippen MR) is 91.8 cm³/mol. The number of thiazole rings is 1. The summed E-state index contributed by atoms with van der Waals surface area (Å²) in [4.78, 5) is 16.6. The van der Waals surface area contributed by atoms with Gasteiger partial charge in [0.25, 0.3) is 5.91 Å². The van der Waals surface area contributed by atoms with E-state index >= 15 is 0 Å². The van der Waals surface area contributed by atoms with Gasteiger partial charge in [-0.25, -0.2) is 4.98 Å². The average Bonchev–Trinajstić information content (AvgIpc) is 3.10. The Balaban J connectivity index is 1.47. The minimum absolute atomic E-state index is 0.178. The first-order chi connectivity index (χ1) is 11.8. The largest absolute Gasteiger partial charge is 0.485 e. The Labute approximate surface area is 142 Å². The fourth-order valence-corrected chi connectivity index (χ4v) is 3.16. The summed E-state index contributed by atoms with van der Waals surface area (Å²) >= 11 is 1.37. The van der Waals surface area contributed by atoms with Gasteiger partial charge in [0.2, 0.25) is 0 Å². The summed E-state index contributed by atoms with van der Waals surface area (Å²) in [5, 5.41) is 5.23. The van der Waals surface area contributed by atoms with E-state index in [1.54, 1.807) is 12.1 Å². The molecule has 0 radical (unpaired) electrons. The van der Waals surface area contributed by atoms with Crippen molar-refractivity contribution in [1.29, 1.82) is 0 Å². The molecule has 3 aromatic rings. The minimum atomic E-state index is -0.279. The van der Waals surface area contributed by atoms with E-state index in [-0.39, 0.29) is 12.0 Å². The number of carbonyl (C=O) groups excluding carboxylic acids is 1. The Morgan fingerprint density at radius 1 is 1.08 bits per heavy atom. The van der Waals surface area contributed by atoms with Gasteiger partial charge in [-0.15, -0.1) is 11.3 Å². The number of hydrogen-bond acceptors (Lipinski definition) is 5. The second kappa shape index (κ2) is 6.33. The van der Waals surface area contributed by atoms with E-state index in [2.05, 4.69) is 10.3 Å². The number of fused-ring (bicyclic) bond motifs is 1. The molecule has 0 saturated heterocycles. The third-order valence-electron chi connectivity index (χ3n) is 3.62. The lowest BCUT2D eigenvalue weighted by molar-refractivity contribution is 0.0888. The first-order valence-corrected chi connectivity index (χ1v) is 8.38. The molecule has 0 bridgehead atoms. The van der Waals surface area contributed by atoms with Crippen molar-refractivity contribution >= 4 is 22.4 Å². The molecule has 6 heteroatoms. The number of benzene rings is 2. The van der Waals surface area contributed by atoms with E-state index in [0.29, 0.717) is 23.1 Å².